The van der Waals surface area contributed by atoms with Gasteiger partial charge >= 0.3 is 6.03 Å². The van der Waals surface area contributed by atoms with Gasteiger partial charge < -0.3 is 14.4 Å². The van der Waals surface area contributed by atoms with Crippen LogP contribution >= 0.6 is 0 Å². The van der Waals surface area contributed by atoms with Gasteiger partial charge in [0.05, 0.1) is 0 Å². The van der Waals surface area contributed by atoms with Crippen molar-refractivity contribution >= 4 is 17.8 Å². The summed E-state index contributed by atoms with van der Waals surface area (Å²) in [7, 11) is 3.39. The molecule has 3 rings (SSSR count). The van der Waals surface area contributed by atoms with E-state index in [9.17, 15) is 14.4 Å². The summed E-state index contributed by atoms with van der Waals surface area (Å²) < 4.78 is 1.80. The second-order valence-corrected chi connectivity index (χ2v) is 7.48. The zero-order valence-corrected chi connectivity index (χ0v) is 15.4. The molecule has 1 spiro atoms. The molecule has 0 unspecified atom stereocenters. The second kappa shape index (κ2) is 6.20. The van der Waals surface area contributed by atoms with Crippen LogP contribution in [-0.2, 0) is 11.8 Å². The van der Waals surface area contributed by atoms with Crippen molar-refractivity contribution < 1.29 is 14.4 Å². The Balaban J connectivity index is 1.79. The molecule has 2 aliphatic rings. The number of likely N-dealkylation sites (N-methyl/N-ethyl adjacent to an activating group) is 1. The van der Waals surface area contributed by atoms with Crippen molar-refractivity contribution in [1.29, 1.82) is 0 Å². The highest BCUT2D eigenvalue weighted by atomic mass is 16.2. The number of nitrogens with zero attached hydrogens (tertiary/aromatic N) is 4. The molecule has 2 fully saturated rings. The molecular weight excluding hydrogens is 320 g/mol. The third-order valence-electron chi connectivity index (χ3n) is 5.33. The Hall–Kier alpha value is -2.31. The topological polar surface area (TPSA) is 65.9 Å². The molecule has 0 atom stereocenters. The Labute approximate surface area is 148 Å². The van der Waals surface area contributed by atoms with E-state index in [4.69, 9.17) is 0 Å². The smallest absolute Gasteiger partial charge is 0.327 e. The molecule has 1 aromatic rings. The van der Waals surface area contributed by atoms with Gasteiger partial charge in [-0.05, 0) is 30.9 Å². The summed E-state index contributed by atoms with van der Waals surface area (Å²) in [6, 6.07) is 3.42. The molecule has 0 radical (unpaired) electrons. The zero-order chi connectivity index (χ0) is 18.4. The number of likely N-dealkylation sites (tertiary alicyclic amines) is 1. The minimum absolute atomic E-state index is 0.0251. The first-order chi connectivity index (χ1) is 11.8. The highest BCUT2D eigenvalue weighted by Crippen LogP contribution is 2.37. The second-order valence-electron chi connectivity index (χ2n) is 7.48. The molecule has 0 aliphatic carbocycles. The van der Waals surface area contributed by atoms with Gasteiger partial charge in [-0.15, -0.1) is 0 Å². The quantitative estimate of drug-likeness (QED) is 0.780. The van der Waals surface area contributed by atoms with Crippen LogP contribution in [0.1, 0.15) is 37.2 Å². The molecule has 1 aromatic heterocycles. The van der Waals surface area contributed by atoms with E-state index in [0.717, 1.165) is 0 Å². The van der Waals surface area contributed by atoms with Gasteiger partial charge in [0.1, 0.15) is 11.2 Å². The molecule has 0 bridgehead atoms. The number of rotatable bonds is 3. The van der Waals surface area contributed by atoms with Crippen molar-refractivity contribution in [3.05, 3.63) is 24.0 Å². The lowest BCUT2D eigenvalue weighted by Crippen LogP contribution is -2.58. The molecule has 25 heavy (non-hydrogen) atoms. The van der Waals surface area contributed by atoms with E-state index in [2.05, 4.69) is 0 Å². The Morgan fingerprint density at radius 1 is 1.20 bits per heavy atom. The van der Waals surface area contributed by atoms with Crippen LogP contribution in [-0.4, -0.2) is 69.3 Å². The lowest BCUT2D eigenvalue weighted by molar-refractivity contribution is -0.134. The van der Waals surface area contributed by atoms with Crippen LogP contribution in [0.3, 0.4) is 0 Å². The van der Waals surface area contributed by atoms with Crippen molar-refractivity contribution in [3.63, 3.8) is 0 Å². The summed E-state index contributed by atoms with van der Waals surface area (Å²) in [5.74, 6) is 0.121. The number of piperidine rings is 1. The average Bonchev–Trinajstić information content (AvgIpc) is 3.08. The number of aryl methyl sites for hydroxylation is 1. The van der Waals surface area contributed by atoms with Crippen LogP contribution in [0.4, 0.5) is 4.79 Å². The Kier molecular flexibility index (Phi) is 4.34. The fourth-order valence-corrected chi connectivity index (χ4v) is 3.91. The fraction of sp³-hybridized carbons (Fsp3) is 0.611. The highest BCUT2D eigenvalue weighted by molar-refractivity contribution is 6.07. The predicted octanol–water partition coefficient (Wildman–Crippen LogP) is 1.55. The number of amides is 4. The van der Waals surface area contributed by atoms with E-state index in [1.54, 1.807) is 27.5 Å². The van der Waals surface area contributed by atoms with E-state index >= 15 is 0 Å². The summed E-state index contributed by atoms with van der Waals surface area (Å²) >= 11 is 0. The normalized spacial score (nSPS) is 20.3. The summed E-state index contributed by atoms with van der Waals surface area (Å²) in [6.45, 7) is 5.59. The van der Waals surface area contributed by atoms with Gasteiger partial charge in [0.15, 0.2) is 0 Å². The van der Waals surface area contributed by atoms with Gasteiger partial charge in [0, 0.05) is 39.9 Å². The monoisotopic (exact) mass is 346 g/mol. The molecule has 0 aromatic carbocycles. The van der Waals surface area contributed by atoms with Crippen LogP contribution in [0.25, 0.3) is 0 Å². The average molecular weight is 346 g/mol. The third kappa shape index (κ3) is 2.71. The van der Waals surface area contributed by atoms with Crippen molar-refractivity contribution in [2.75, 3.05) is 26.7 Å². The number of hydrogen-bond donors (Lipinski definition) is 0. The van der Waals surface area contributed by atoms with Gasteiger partial charge in [-0.25, -0.2) is 4.79 Å². The van der Waals surface area contributed by atoms with Crippen LogP contribution in [0.15, 0.2) is 18.3 Å². The molecular formula is C18H26N4O3. The van der Waals surface area contributed by atoms with Crippen molar-refractivity contribution in [2.24, 2.45) is 13.0 Å². The first-order valence-corrected chi connectivity index (χ1v) is 8.78. The van der Waals surface area contributed by atoms with Crippen LogP contribution < -0.4 is 0 Å². The molecule has 2 saturated heterocycles. The first-order valence-electron chi connectivity index (χ1n) is 8.78. The number of hydrogen-bond acceptors (Lipinski definition) is 3. The molecule has 4 amide bonds. The van der Waals surface area contributed by atoms with Crippen LogP contribution in [0.2, 0.25) is 0 Å². The van der Waals surface area contributed by atoms with E-state index in [1.807, 2.05) is 33.2 Å². The SMILES string of the molecule is CC(C)CN1C(=O)N(C)C(=O)C12CCN(C(=O)c1cccn1C)CC2. The Morgan fingerprint density at radius 3 is 2.36 bits per heavy atom. The number of aromatic nitrogens is 1. The van der Waals surface area contributed by atoms with Gasteiger partial charge in [-0.3, -0.25) is 14.5 Å². The molecule has 136 valence electrons. The maximum Gasteiger partial charge on any atom is 0.327 e. The summed E-state index contributed by atoms with van der Waals surface area (Å²) in [4.78, 5) is 42.7. The number of imide groups is 1. The van der Waals surface area contributed by atoms with Crippen molar-refractivity contribution in [2.45, 2.75) is 32.2 Å². The van der Waals surface area contributed by atoms with Gasteiger partial charge in [0.2, 0.25) is 0 Å². The maximum absolute atomic E-state index is 12.8. The number of urea groups is 1. The molecule has 0 saturated carbocycles. The molecule has 3 heterocycles. The largest absolute Gasteiger partial charge is 0.347 e. The highest BCUT2D eigenvalue weighted by Gasteiger charge is 2.57. The number of carbonyl (C=O) groups is 3. The van der Waals surface area contributed by atoms with Gasteiger partial charge in [-0.2, -0.15) is 0 Å². The lowest BCUT2D eigenvalue weighted by Gasteiger charge is -2.42. The fourth-order valence-electron chi connectivity index (χ4n) is 3.91. The minimum atomic E-state index is -0.791. The van der Waals surface area contributed by atoms with Crippen molar-refractivity contribution in [3.8, 4) is 0 Å². The molecule has 2 aliphatic heterocycles. The molecule has 7 heteroatoms. The van der Waals surface area contributed by atoms with Crippen LogP contribution in [0, 0.1) is 5.92 Å². The summed E-state index contributed by atoms with van der Waals surface area (Å²) in [5, 5.41) is 0. The van der Waals surface area contributed by atoms with E-state index < -0.39 is 5.54 Å². The van der Waals surface area contributed by atoms with Crippen LogP contribution in [0.5, 0.6) is 0 Å². The van der Waals surface area contributed by atoms with Crippen molar-refractivity contribution in [1.82, 2.24) is 19.3 Å². The summed E-state index contributed by atoms with van der Waals surface area (Å²) in [5.41, 5.74) is -0.151. The predicted molar refractivity (Wildman–Crippen MR) is 93.0 cm³/mol. The summed E-state index contributed by atoms with van der Waals surface area (Å²) in [6.07, 6.45) is 2.83. The lowest BCUT2D eigenvalue weighted by atomic mass is 9.85. The standard InChI is InChI=1S/C18H26N4O3/c1-13(2)12-22-17(25)20(4)16(24)18(22)7-10-21(11-8-18)15(23)14-6-5-9-19(14)3/h5-6,9,13H,7-8,10-12H2,1-4H3. The Morgan fingerprint density at radius 2 is 1.84 bits per heavy atom. The molecule has 7 nitrogen and oxygen atoms in total. The van der Waals surface area contributed by atoms with E-state index in [1.165, 1.54) is 4.90 Å². The van der Waals surface area contributed by atoms with Gasteiger partial charge in [0.25, 0.3) is 11.8 Å². The molecule has 0 N–H and O–H groups in total. The van der Waals surface area contributed by atoms with E-state index in [0.29, 0.717) is 38.2 Å². The van der Waals surface area contributed by atoms with E-state index in [-0.39, 0.29) is 23.8 Å². The number of carbonyl (C=O) groups excluding carboxylic acids is 3. The Bertz CT molecular complexity index is 701. The third-order valence-corrected chi connectivity index (χ3v) is 5.33. The maximum atomic E-state index is 12.8. The first kappa shape index (κ1) is 17.5. The van der Waals surface area contributed by atoms with Gasteiger partial charge in [-0.1, -0.05) is 13.8 Å². The zero-order valence-electron chi connectivity index (χ0n) is 15.4. The minimum Gasteiger partial charge on any atom is -0.347 e.